The van der Waals surface area contributed by atoms with Crippen molar-refractivity contribution in [3.8, 4) is 0 Å². The van der Waals surface area contributed by atoms with Crippen LogP contribution in [0.3, 0.4) is 0 Å². The van der Waals surface area contributed by atoms with Gasteiger partial charge in [0.1, 0.15) is 0 Å². The lowest BCUT2D eigenvalue weighted by atomic mass is 10.2. The zero-order valence-electron chi connectivity index (χ0n) is 6.40. The summed E-state index contributed by atoms with van der Waals surface area (Å²) in [5, 5.41) is 0. The normalized spacial score (nSPS) is 14.7. The summed E-state index contributed by atoms with van der Waals surface area (Å²) in [5.74, 6) is 0. The van der Waals surface area contributed by atoms with Crippen LogP contribution in [0.1, 0.15) is 5.56 Å². The molecule has 0 radical (unpaired) electrons. The predicted octanol–water partition coefficient (Wildman–Crippen LogP) is 2.02. The van der Waals surface area contributed by atoms with Gasteiger partial charge in [0.25, 0.3) is 0 Å². The van der Waals surface area contributed by atoms with E-state index in [0.717, 1.165) is 13.1 Å². The van der Waals surface area contributed by atoms with Gasteiger partial charge in [0, 0.05) is 13.1 Å². The molecule has 0 atom stereocenters. The molecule has 1 aromatic carbocycles. The van der Waals surface area contributed by atoms with E-state index in [9.17, 15) is 0 Å². The van der Waals surface area contributed by atoms with Crippen LogP contribution in [0.4, 0.5) is 0 Å². The van der Waals surface area contributed by atoms with Crippen LogP contribution in [0, 0.1) is 0 Å². The SMILES string of the molecule is C1=CN(Cc2ccccc2)C1. The van der Waals surface area contributed by atoms with E-state index < -0.39 is 0 Å². The standard InChI is InChI=1S/C10H11N/c1-2-5-10(6-3-1)9-11-7-4-8-11/h1-7H,8-9H2. The van der Waals surface area contributed by atoms with Crippen molar-refractivity contribution in [2.24, 2.45) is 0 Å². The van der Waals surface area contributed by atoms with Gasteiger partial charge < -0.3 is 4.90 Å². The molecule has 1 heteroatoms. The van der Waals surface area contributed by atoms with E-state index in [2.05, 4.69) is 47.5 Å². The van der Waals surface area contributed by atoms with Crippen LogP contribution in [0.25, 0.3) is 0 Å². The highest BCUT2D eigenvalue weighted by atomic mass is 15.1. The Kier molecular flexibility index (Phi) is 1.64. The Morgan fingerprint density at radius 2 is 1.91 bits per heavy atom. The van der Waals surface area contributed by atoms with Crippen molar-refractivity contribution in [3.63, 3.8) is 0 Å². The van der Waals surface area contributed by atoms with Crippen molar-refractivity contribution in [2.75, 3.05) is 6.54 Å². The number of nitrogens with zero attached hydrogens (tertiary/aromatic N) is 1. The van der Waals surface area contributed by atoms with E-state index >= 15 is 0 Å². The average Bonchev–Trinajstić information content (AvgIpc) is 1.99. The van der Waals surface area contributed by atoms with Gasteiger partial charge in [-0.15, -0.1) is 0 Å². The lowest BCUT2D eigenvalue weighted by Crippen LogP contribution is -2.23. The molecule has 0 aliphatic carbocycles. The van der Waals surface area contributed by atoms with Crippen LogP contribution >= 0.6 is 0 Å². The van der Waals surface area contributed by atoms with Crippen molar-refractivity contribution in [2.45, 2.75) is 6.54 Å². The maximum Gasteiger partial charge on any atom is 0.0427 e. The van der Waals surface area contributed by atoms with Crippen molar-refractivity contribution in [3.05, 3.63) is 48.2 Å². The number of benzene rings is 1. The summed E-state index contributed by atoms with van der Waals surface area (Å²) in [6.07, 6.45) is 4.30. The first kappa shape index (κ1) is 6.47. The van der Waals surface area contributed by atoms with Crippen molar-refractivity contribution in [1.82, 2.24) is 4.90 Å². The van der Waals surface area contributed by atoms with Gasteiger partial charge in [-0.05, 0) is 17.8 Å². The van der Waals surface area contributed by atoms with Gasteiger partial charge in [0.15, 0.2) is 0 Å². The summed E-state index contributed by atoms with van der Waals surface area (Å²) < 4.78 is 0. The Bertz CT molecular complexity index is 251. The van der Waals surface area contributed by atoms with Crippen molar-refractivity contribution in [1.29, 1.82) is 0 Å². The molecule has 0 spiro atoms. The third-order valence-corrected chi connectivity index (χ3v) is 1.88. The average molecular weight is 145 g/mol. The van der Waals surface area contributed by atoms with Crippen molar-refractivity contribution < 1.29 is 0 Å². The largest absolute Gasteiger partial charge is 0.370 e. The molecule has 0 unspecified atom stereocenters. The summed E-state index contributed by atoms with van der Waals surface area (Å²) >= 11 is 0. The number of rotatable bonds is 2. The first-order valence-electron chi connectivity index (χ1n) is 3.90. The van der Waals surface area contributed by atoms with Gasteiger partial charge in [0.2, 0.25) is 0 Å². The highest BCUT2D eigenvalue weighted by Gasteiger charge is 2.03. The topological polar surface area (TPSA) is 3.24 Å². The summed E-state index contributed by atoms with van der Waals surface area (Å²) in [6.45, 7) is 2.16. The fourth-order valence-electron chi connectivity index (χ4n) is 1.19. The molecule has 1 nitrogen and oxygen atoms in total. The van der Waals surface area contributed by atoms with Crippen LogP contribution in [0.2, 0.25) is 0 Å². The quantitative estimate of drug-likeness (QED) is 0.615. The van der Waals surface area contributed by atoms with Gasteiger partial charge in [-0.1, -0.05) is 30.3 Å². The van der Waals surface area contributed by atoms with E-state index in [4.69, 9.17) is 0 Å². The van der Waals surface area contributed by atoms with Crippen LogP contribution < -0.4 is 0 Å². The van der Waals surface area contributed by atoms with Gasteiger partial charge >= 0.3 is 0 Å². The van der Waals surface area contributed by atoms with Gasteiger partial charge in [0.05, 0.1) is 0 Å². The molecule has 0 saturated heterocycles. The van der Waals surface area contributed by atoms with Crippen LogP contribution in [0.5, 0.6) is 0 Å². The van der Waals surface area contributed by atoms with E-state index in [0.29, 0.717) is 0 Å². The molecule has 0 saturated carbocycles. The molecule has 0 amide bonds. The fraction of sp³-hybridized carbons (Fsp3) is 0.200. The second kappa shape index (κ2) is 2.79. The first-order valence-corrected chi connectivity index (χ1v) is 3.90. The molecule has 11 heavy (non-hydrogen) atoms. The van der Waals surface area contributed by atoms with E-state index in [-0.39, 0.29) is 0 Å². The van der Waals surface area contributed by atoms with Gasteiger partial charge in [-0.25, -0.2) is 0 Å². The second-order valence-electron chi connectivity index (χ2n) is 2.80. The van der Waals surface area contributed by atoms with Crippen LogP contribution in [0.15, 0.2) is 42.6 Å². The first-order chi connectivity index (χ1) is 5.45. The third-order valence-electron chi connectivity index (χ3n) is 1.88. The Morgan fingerprint density at radius 3 is 2.45 bits per heavy atom. The third kappa shape index (κ3) is 1.43. The highest BCUT2D eigenvalue weighted by molar-refractivity contribution is 5.16. The fourth-order valence-corrected chi connectivity index (χ4v) is 1.19. The summed E-state index contributed by atoms with van der Waals surface area (Å²) in [5.41, 5.74) is 1.39. The Hall–Kier alpha value is -1.24. The molecular formula is C10H11N. The number of hydrogen-bond donors (Lipinski definition) is 0. The zero-order chi connectivity index (χ0) is 7.52. The zero-order valence-corrected chi connectivity index (χ0v) is 6.40. The molecule has 0 fully saturated rings. The van der Waals surface area contributed by atoms with E-state index in [1.807, 2.05) is 0 Å². The van der Waals surface area contributed by atoms with Crippen LogP contribution in [-0.2, 0) is 6.54 Å². The highest BCUT2D eigenvalue weighted by Crippen LogP contribution is 2.08. The minimum absolute atomic E-state index is 1.05. The second-order valence-corrected chi connectivity index (χ2v) is 2.80. The molecule has 1 aromatic rings. The Morgan fingerprint density at radius 1 is 1.18 bits per heavy atom. The number of hydrogen-bond acceptors (Lipinski definition) is 1. The monoisotopic (exact) mass is 145 g/mol. The maximum atomic E-state index is 2.29. The molecule has 56 valence electrons. The molecular weight excluding hydrogens is 134 g/mol. The molecule has 0 bridgehead atoms. The Balaban J connectivity index is 2.01. The maximum absolute atomic E-state index is 2.29. The van der Waals surface area contributed by atoms with Gasteiger partial charge in [-0.3, -0.25) is 0 Å². The lowest BCUT2D eigenvalue weighted by molar-refractivity contribution is 0.368. The molecule has 1 aliphatic rings. The van der Waals surface area contributed by atoms with E-state index in [1.165, 1.54) is 5.56 Å². The minimum Gasteiger partial charge on any atom is -0.370 e. The summed E-state index contributed by atoms with van der Waals surface area (Å²) in [7, 11) is 0. The predicted molar refractivity (Wildman–Crippen MR) is 46.0 cm³/mol. The molecule has 1 heterocycles. The molecule has 2 rings (SSSR count). The molecule has 0 N–H and O–H groups in total. The molecule has 1 aliphatic heterocycles. The smallest absolute Gasteiger partial charge is 0.0427 e. The molecule has 0 aromatic heterocycles. The van der Waals surface area contributed by atoms with Crippen molar-refractivity contribution >= 4 is 0 Å². The van der Waals surface area contributed by atoms with Gasteiger partial charge in [-0.2, -0.15) is 0 Å². The van der Waals surface area contributed by atoms with E-state index in [1.54, 1.807) is 0 Å². The van der Waals surface area contributed by atoms with Crippen LogP contribution in [-0.4, -0.2) is 11.4 Å². The summed E-state index contributed by atoms with van der Waals surface area (Å²) in [6, 6.07) is 10.5. The lowest BCUT2D eigenvalue weighted by Gasteiger charge is -2.24. The minimum atomic E-state index is 1.05. The Labute approximate surface area is 67.0 Å². The summed E-state index contributed by atoms with van der Waals surface area (Å²) in [4.78, 5) is 2.29.